The molecule has 0 spiro atoms. The van der Waals surface area contributed by atoms with Gasteiger partial charge in [0.05, 0.1) is 4.90 Å². The summed E-state index contributed by atoms with van der Waals surface area (Å²) in [7, 11) is -3.53. The van der Waals surface area contributed by atoms with Gasteiger partial charge in [-0.25, -0.2) is 13.1 Å². The normalized spacial score (nSPS) is 16.1. The molecule has 146 valence electrons. The molecule has 1 aliphatic rings. The number of piperidine rings is 1. The Morgan fingerprint density at radius 2 is 1.96 bits per heavy atom. The van der Waals surface area contributed by atoms with E-state index < -0.39 is 10.0 Å². The molecule has 0 radical (unpaired) electrons. The van der Waals surface area contributed by atoms with Crippen LogP contribution in [0.3, 0.4) is 0 Å². The Labute approximate surface area is 157 Å². The lowest BCUT2D eigenvalue weighted by molar-refractivity contribution is -0.134. The minimum absolute atomic E-state index is 0.0209. The van der Waals surface area contributed by atoms with Crippen molar-refractivity contribution in [3.05, 3.63) is 23.8 Å². The number of carbonyl (C=O) groups excluding carboxylic acids is 1. The van der Waals surface area contributed by atoms with E-state index >= 15 is 0 Å². The van der Waals surface area contributed by atoms with Crippen LogP contribution in [0, 0.1) is 18.8 Å². The number of nitrogens with zero attached hydrogens (tertiary/aromatic N) is 1. The van der Waals surface area contributed by atoms with Gasteiger partial charge in [0.25, 0.3) is 5.91 Å². The number of nitrogens with one attached hydrogen (secondary N) is 1. The molecular weight excluding hydrogens is 352 g/mol. The van der Waals surface area contributed by atoms with Crippen LogP contribution in [0.1, 0.15) is 39.2 Å². The monoisotopic (exact) mass is 382 g/mol. The number of ether oxygens (including phenoxy) is 1. The second-order valence-electron chi connectivity index (χ2n) is 7.53. The number of rotatable bonds is 7. The summed E-state index contributed by atoms with van der Waals surface area (Å²) in [6, 6.07) is 4.70. The van der Waals surface area contributed by atoms with Gasteiger partial charge in [0.15, 0.2) is 6.61 Å². The molecule has 2 rings (SSSR count). The van der Waals surface area contributed by atoms with Crippen molar-refractivity contribution in [2.45, 2.75) is 45.4 Å². The van der Waals surface area contributed by atoms with E-state index in [1.165, 1.54) is 6.07 Å². The van der Waals surface area contributed by atoms with Crippen molar-refractivity contribution in [1.82, 2.24) is 9.62 Å². The second-order valence-corrected chi connectivity index (χ2v) is 9.29. The van der Waals surface area contributed by atoms with Crippen molar-refractivity contribution >= 4 is 15.9 Å². The third-order valence-corrected chi connectivity index (χ3v) is 6.05. The van der Waals surface area contributed by atoms with E-state index in [1.807, 2.05) is 18.7 Å². The molecule has 26 heavy (non-hydrogen) atoms. The molecule has 1 amide bonds. The maximum atomic E-state index is 12.3. The van der Waals surface area contributed by atoms with Gasteiger partial charge < -0.3 is 9.64 Å². The average molecular weight is 383 g/mol. The van der Waals surface area contributed by atoms with Gasteiger partial charge in [-0.05, 0) is 55.4 Å². The van der Waals surface area contributed by atoms with Crippen LogP contribution < -0.4 is 9.46 Å². The molecular formula is C19H30N2O4S. The highest BCUT2D eigenvalue weighted by molar-refractivity contribution is 7.89. The zero-order valence-corrected chi connectivity index (χ0v) is 16.9. The van der Waals surface area contributed by atoms with Crippen LogP contribution in [0.25, 0.3) is 0 Å². The van der Waals surface area contributed by atoms with E-state index in [2.05, 4.69) is 11.6 Å². The first-order chi connectivity index (χ1) is 12.2. The lowest BCUT2D eigenvalue weighted by Gasteiger charge is -2.30. The summed E-state index contributed by atoms with van der Waals surface area (Å²) in [6.07, 6.45) is 2.06. The number of carbonyl (C=O) groups is 1. The smallest absolute Gasteiger partial charge is 0.260 e. The van der Waals surface area contributed by atoms with Crippen molar-refractivity contribution in [3.8, 4) is 5.75 Å². The molecule has 0 aliphatic carbocycles. The zero-order valence-electron chi connectivity index (χ0n) is 16.1. The predicted molar refractivity (Wildman–Crippen MR) is 102 cm³/mol. The number of sulfonamides is 1. The van der Waals surface area contributed by atoms with Crippen molar-refractivity contribution in [1.29, 1.82) is 0 Å². The number of benzene rings is 1. The van der Waals surface area contributed by atoms with E-state index in [0.717, 1.165) is 25.9 Å². The number of likely N-dealkylation sites (tertiary alicyclic amines) is 1. The number of hydrogen-bond donors (Lipinski definition) is 1. The fourth-order valence-corrected chi connectivity index (χ4v) is 4.10. The van der Waals surface area contributed by atoms with Crippen molar-refractivity contribution in [2.75, 3.05) is 26.2 Å². The second kappa shape index (κ2) is 8.86. The summed E-state index contributed by atoms with van der Waals surface area (Å²) in [5.74, 6) is 1.41. The van der Waals surface area contributed by atoms with Crippen LogP contribution in [0.15, 0.2) is 23.1 Å². The molecule has 7 heteroatoms. The maximum Gasteiger partial charge on any atom is 0.260 e. The first-order valence-electron chi connectivity index (χ1n) is 9.20. The molecule has 0 aromatic heterocycles. The Bertz CT molecular complexity index is 723. The van der Waals surface area contributed by atoms with Crippen LogP contribution >= 0.6 is 0 Å². The third kappa shape index (κ3) is 5.71. The maximum absolute atomic E-state index is 12.3. The molecule has 1 aromatic rings. The quantitative estimate of drug-likeness (QED) is 0.786. The number of amides is 1. The van der Waals surface area contributed by atoms with Crippen molar-refractivity contribution < 1.29 is 17.9 Å². The fraction of sp³-hybridized carbons (Fsp3) is 0.632. The van der Waals surface area contributed by atoms with E-state index in [4.69, 9.17) is 4.74 Å². The summed E-state index contributed by atoms with van der Waals surface area (Å²) < 4.78 is 32.8. The van der Waals surface area contributed by atoms with Crippen LogP contribution in [0.2, 0.25) is 0 Å². The van der Waals surface area contributed by atoms with Gasteiger partial charge >= 0.3 is 0 Å². The van der Waals surface area contributed by atoms with Gasteiger partial charge in [0.1, 0.15) is 5.75 Å². The first kappa shape index (κ1) is 20.7. The zero-order chi connectivity index (χ0) is 19.3. The molecule has 1 fully saturated rings. The average Bonchev–Trinajstić information content (AvgIpc) is 2.59. The molecule has 6 nitrogen and oxygen atoms in total. The summed E-state index contributed by atoms with van der Waals surface area (Å²) in [6.45, 7) is 9.81. The molecule has 1 saturated heterocycles. The SMILES string of the molecule is Cc1cc(S(=O)(=O)NCC(C)C)ccc1OCC(=O)N1CCC(C)CC1. The van der Waals surface area contributed by atoms with Gasteiger partial charge in [-0.3, -0.25) is 4.79 Å². The van der Waals surface area contributed by atoms with Crippen LogP contribution in [0.5, 0.6) is 5.75 Å². The lowest BCUT2D eigenvalue weighted by Crippen LogP contribution is -2.40. The molecule has 0 bridgehead atoms. The Morgan fingerprint density at radius 3 is 2.54 bits per heavy atom. The van der Waals surface area contributed by atoms with Crippen LogP contribution in [0.4, 0.5) is 0 Å². The molecule has 1 aliphatic heterocycles. The Kier molecular flexibility index (Phi) is 7.06. The van der Waals surface area contributed by atoms with Crippen LogP contribution in [-0.4, -0.2) is 45.5 Å². The number of aryl methyl sites for hydroxylation is 1. The molecule has 1 N–H and O–H groups in total. The molecule has 1 aromatic carbocycles. The highest BCUT2D eigenvalue weighted by Gasteiger charge is 2.21. The Hall–Kier alpha value is -1.60. The van der Waals surface area contributed by atoms with Gasteiger partial charge in [0.2, 0.25) is 10.0 Å². The summed E-state index contributed by atoms with van der Waals surface area (Å²) in [4.78, 5) is 14.3. The minimum Gasteiger partial charge on any atom is -0.483 e. The standard InChI is InChI=1S/C19H30N2O4S/c1-14(2)12-20-26(23,24)17-5-6-18(16(4)11-17)25-13-19(22)21-9-7-15(3)8-10-21/h5-6,11,14-15,20H,7-10,12-13H2,1-4H3. The molecule has 0 unspecified atom stereocenters. The molecule has 0 atom stereocenters. The highest BCUT2D eigenvalue weighted by Crippen LogP contribution is 2.22. The molecule has 0 saturated carbocycles. The first-order valence-corrected chi connectivity index (χ1v) is 10.7. The lowest BCUT2D eigenvalue weighted by atomic mass is 9.99. The van der Waals surface area contributed by atoms with Gasteiger partial charge in [0, 0.05) is 19.6 Å². The number of hydrogen-bond acceptors (Lipinski definition) is 4. The van der Waals surface area contributed by atoms with Crippen molar-refractivity contribution in [2.24, 2.45) is 11.8 Å². The van der Waals surface area contributed by atoms with Gasteiger partial charge in [-0.15, -0.1) is 0 Å². The van der Waals surface area contributed by atoms with Gasteiger partial charge in [-0.2, -0.15) is 0 Å². The summed E-state index contributed by atoms with van der Waals surface area (Å²) in [5.41, 5.74) is 0.692. The van der Waals surface area contributed by atoms with E-state index in [9.17, 15) is 13.2 Å². The predicted octanol–water partition coefficient (Wildman–Crippen LogP) is 2.57. The van der Waals surface area contributed by atoms with E-state index in [-0.39, 0.29) is 23.3 Å². The molecule has 1 heterocycles. The Balaban J connectivity index is 1.96. The topological polar surface area (TPSA) is 75.7 Å². The van der Waals surface area contributed by atoms with Crippen LogP contribution in [-0.2, 0) is 14.8 Å². The van der Waals surface area contributed by atoms with Gasteiger partial charge in [-0.1, -0.05) is 20.8 Å². The highest BCUT2D eigenvalue weighted by atomic mass is 32.2. The van der Waals surface area contributed by atoms with E-state index in [1.54, 1.807) is 19.1 Å². The largest absolute Gasteiger partial charge is 0.483 e. The third-order valence-electron chi connectivity index (χ3n) is 4.63. The van der Waals surface area contributed by atoms with Crippen molar-refractivity contribution in [3.63, 3.8) is 0 Å². The summed E-state index contributed by atoms with van der Waals surface area (Å²) >= 11 is 0. The fourth-order valence-electron chi connectivity index (χ4n) is 2.80. The minimum atomic E-state index is -3.53. The summed E-state index contributed by atoms with van der Waals surface area (Å²) in [5, 5.41) is 0. The Morgan fingerprint density at radius 1 is 1.31 bits per heavy atom. The van der Waals surface area contributed by atoms with E-state index in [0.29, 0.717) is 23.8 Å².